The lowest BCUT2D eigenvalue weighted by molar-refractivity contribution is -0.870. The molecule has 0 saturated heterocycles. The molecule has 2 unspecified atom stereocenters. The molecule has 0 amide bonds. The maximum Gasteiger partial charge on any atom is 0.361 e. The van der Waals surface area contributed by atoms with Crippen LogP contribution in [-0.4, -0.2) is 87.4 Å². The highest BCUT2D eigenvalue weighted by Crippen LogP contribution is 2.11. The summed E-state index contributed by atoms with van der Waals surface area (Å²) in [4.78, 5) is 37.1. The minimum absolute atomic E-state index is 0.168. The van der Waals surface area contributed by atoms with Crippen molar-refractivity contribution in [3.63, 3.8) is 0 Å². The Hall–Kier alpha value is -4.05. The summed E-state index contributed by atoms with van der Waals surface area (Å²) in [5.74, 6) is -2.13. The number of esters is 2. The number of carboxylic acids is 1. The van der Waals surface area contributed by atoms with Gasteiger partial charge in [-0.1, -0.05) is 149 Å². The van der Waals surface area contributed by atoms with E-state index in [0.717, 1.165) is 89.9 Å². The van der Waals surface area contributed by atoms with Gasteiger partial charge >= 0.3 is 17.9 Å². The van der Waals surface area contributed by atoms with Crippen LogP contribution in [0.15, 0.2) is 109 Å². The number of hydrogen-bond acceptors (Lipinski definition) is 7. The molecule has 0 aromatic heterocycles. The number of aliphatic carboxylic acids is 1. The summed E-state index contributed by atoms with van der Waals surface area (Å²) in [5, 5.41) is 9.64. The Morgan fingerprint density at radius 3 is 1.44 bits per heavy atom. The van der Waals surface area contributed by atoms with Gasteiger partial charge in [-0.3, -0.25) is 9.59 Å². The summed E-state index contributed by atoms with van der Waals surface area (Å²) >= 11 is 0. The Morgan fingerprint density at radius 1 is 0.508 bits per heavy atom. The van der Waals surface area contributed by atoms with E-state index in [1.807, 2.05) is 27.2 Å². The Labute approximate surface area is 371 Å². The Kier molecular flexibility index (Phi) is 39.8. The second-order valence-corrected chi connectivity index (χ2v) is 16.0. The second kappa shape index (κ2) is 42.6. The van der Waals surface area contributed by atoms with Crippen LogP contribution >= 0.6 is 0 Å². The third-order valence-corrected chi connectivity index (χ3v) is 8.99. The van der Waals surface area contributed by atoms with Crippen LogP contribution in [0.2, 0.25) is 0 Å². The number of likely N-dealkylation sites (N-methyl/N-ethyl adjacent to an activating group) is 1. The molecule has 0 radical (unpaired) electrons. The average Bonchev–Trinajstić information content (AvgIpc) is 3.22. The number of nitrogens with zero attached hydrogens (tertiary/aromatic N) is 1. The largest absolute Gasteiger partial charge is 0.477 e. The van der Waals surface area contributed by atoms with Crippen molar-refractivity contribution in [1.82, 2.24) is 0 Å². The number of carbonyl (C=O) groups is 3. The fourth-order valence-corrected chi connectivity index (χ4v) is 5.45. The van der Waals surface area contributed by atoms with E-state index in [4.69, 9.17) is 18.9 Å². The maximum atomic E-state index is 12.8. The zero-order chi connectivity index (χ0) is 44.9. The lowest BCUT2D eigenvalue weighted by Crippen LogP contribution is -2.40. The van der Waals surface area contributed by atoms with Gasteiger partial charge in [-0.25, -0.2) is 4.79 Å². The molecule has 61 heavy (non-hydrogen) atoms. The Bertz CT molecular complexity index is 1360. The van der Waals surface area contributed by atoms with E-state index in [-0.39, 0.29) is 38.6 Å². The van der Waals surface area contributed by atoms with Crippen molar-refractivity contribution in [2.24, 2.45) is 0 Å². The smallest absolute Gasteiger partial charge is 0.361 e. The van der Waals surface area contributed by atoms with Crippen molar-refractivity contribution < 1.29 is 42.9 Å². The average molecular weight is 851 g/mol. The quantitative estimate of drug-likeness (QED) is 0.0213. The number of hydrogen-bond donors (Lipinski definition) is 1. The number of rotatable bonds is 40. The molecule has 0 aromatic rings. The third kappa shape index (κ3) is 43.8. The number of ether oxygens (including phenoxy) is 4. The van der Waals surface area contributed by atoms with Crippen molar-refractivity contribution in [2.45, 2.75) is 155 Å². The molecule has 9 heteroatoms. The van der Waals surface area contributed by atoms with E-state index in [9.17, 15) is 19.5 Å². The highest BCUT2D eigenvalue weighted by Gasteiger charge is 2.25. The molecule has 0 bridgehead atoms. The molecule has 0 aliphatic carbocycles. The van der Waals surface area contributed by atoms with E-state index in [1.165, 1.54) is 6.42 Å². The molecule has 1 N–H and O–H groups in total. The van der Waals surface area contributed by atoms with Gasteiger partial charge in [0.05, 0.1) is 34.4 Å². The molecule has 0 heterocycles. The SMILES string of the molecule is CC/C=C\C/C=C\C/C=C\C/C=C\C/C=C\C/C=C\C/C=C\CCCC(=O)OC(COC(=O)CCCCCCC/C=C\C/C=C\CCC)COC(OCC[N+](C)(C)C)C(=O)O. The molecule has 0 aromatic carbocycles. The van der Waals surface area contributed by atoms with Gasteiger partial charge in [0.1, 0.15) is 13.2 Å². The van der Waals surface area contributed by atoms with Gasteiger partial charge < -0.3 is 28.5 Å². The first-order chi connectivity index (χ1) is 29.6. The Morgan fingerprint density at radius 2 is 0.951 bits per heavy atom. The van der Waals surface area contributed by atoms with E-state index < -0.39 is 24.3 Å². The molecule has 344 valence electrons. The first-order valence-corrected chi connectivity index (χ1v) is 23.1. The molecule has 0 aliphatic heterocycles. The van der Waals surface area contributed by atoms with Gasteiger partial charge in [-0.2, -0.15) is 0 Å². The van der Waals surface area contributed by atoms with Crippen LogP contribution in [0, 0.1) is 0 Å². The van der Waals surface area contributed by atoms with E-state index >= 15 is 0 Å². The lowest BCUT2D eigenvalue weighted by Gasteiger charge is -2.25. The van der Waals surface area contributed by atoms with Crippen LogP contribution in [0.5, 0.6) is 0 Å². The van der Waals surface area contributed by atoms with Gasteiger partial charge in [0.25, 0.3) is 6.29 Å². The minimum Gasteiger partial charge on any atom is -0.477 e. The molecule has 0 fully saturated rings. The molecular weight excluding hydrogens is 767 g/mol. The molecule has 0 rings (SSSR count). The molecule has 0 aliphatic rings. The van der Waals surface area contributed by atoms with Crippen molar-refractivity contribution in [3.05, 3.63) is 109 Å². The summed E-state index contributed by atoms with van der Waals surface area (Å²) < 4.78 is 22.6. The summed E-state index contributed by atoms with van der Waals surface area (Å²) in [5.41, 5.74) is 0. The van der Waals surface area contributed by atoms with E-state index in [0.29, 0.717) is 30.3 Å². The second-order valence-electron chi connectivity index (χ2n) is 16.0. The monoisotopic (exact) mass is 851 g/mol. The standard InChI is InChI=1S/C52H83NO8/c1-6-8-10-12-14-16-18-20-21-22-23-24-25-26-27-28-29-31-33-35-37-39-41-43-50(55)61-48(47-60-52(51(56)57)58-45-44-53(3,4)5)46-59-49(54)42-40-38-36-34-32-30-19-17-15-13-11-9-7-2/h8,10-11,13-14,16-17,19-21,23-24,26-27,29,31,35,37,48,52H,6-7,9,12,15,18,22,25,28,30,32-34,36,38-47H2,1-5H3/p+1/b10-8-,13-11-,16-14-,19-17-,21-20-,24-23-,27-26-,31-29-,37-35-. The van der Waals surface area contributed by atoms with Crippen LogP contribution in [0.25, 0.3) is 0 Å². The van der Waals surface area contributed by atoms with Crippen LogP contribution < -0.4 is 0 Å². The summed E-state index contributed by atoms with van der Waals surface area (Å²) in [7, 11) is 5.92. The van der Waals surface area contributed by atoms with Gasteiger partial charge in [0.15, 0.2) is 6.10 Å². The molecular formula is C52H84NO8+. The van der Waals surface area contributed by atoms with Crippen molar-refractivity contribution >= 4 is 17.9 Å². The summed E-state index contributed by atoms with van der Waals surface area (Å²) in [6, 6.07) is 0. The predicted octanol–water partition coefficient (Wildman–Crippen LogP) is 12.4. The fourth-order valence-electron chi connectivity index (χ4n) is 5.45. The number of carboxylic acid groups (broad SMARTS) is 1. The zero-order valence-electron chi connectivity index (χ0n) is 38.8. The fraction of sp³-hybridized carbons (Fsp3) is 0.596. The topological polar surface area (TPSA) is 108 Å². The molecule has 0 saturated carbocycles. The summed E-state index contributed by atoms with van der Waals surface area (Å²) in [6.45, 7) is 4.57. The maximum absolute atomic E-state index is 12.8. The Balaban J connectivity index is 4.56. The van der Waals surface area contributed by atoms with Crippen molar-refractivity contribution in [2.75, 3.05) is 47.5 Å². The number of unbranched alkanes of at least 4 members (excludes halogenated alkanes) is 7. The van der Waals surface area contributed by atoms with E-state index in [2.05, 4.69) is 117 Å². The molecule has 0 spiro atoms. The first kappa shape index (κ1) is 57.0. The number of quaternary nitrogens is 1. The minimum atomic E-state index is -1.53. The molecule has 9 nitrogen and oxygen atoms in total. The van der Waals surface area contributed by atoms with Gasteiger partial charge in [-0.05, 0) is 89.9 Å². The zero-order valence-corrected chi connectivity index (χ0v) is 38.8. The lowest BCUT2D eigenvalue weighted by atomic mass is 10.1. The molecule has 2 atom stereocenters. The normalized spacial score (nSPS) is 13.9. The first-order valence-electron chi connectivity index (χ1n) is 23.1. The van der Waals surface area contributed by atoms with Gasteiger partial charge in [-0.15, -0.1) is 0 Å². The van der Waals surface area contributed by atoms with Crippen LogP contribution in [0.1, 0.15) is 142 Å². The highest BCUT2D eigenvalue weighted by atomic mass is 16.7. The van der Waals surface area contributed by atoms with Gasteiger partial charge in [0.2, 0.25) is 0 Å². The third-order valence-electron chi connectivity index (χ3n) is 8.99. The highest BCUT2D eigenvalue weighted by molar-refractivity contribution is 5.71. The summed E-state index contributed by atoms with van der Waals surface area (Å²) in [6.07, 6.45) is 54.4. The van der Waals surface area contributed by atoms with E-state index in [1.54, 1.807) is 0 Å². The predicted molar refractivity (Wildman–Crippen MR) is 253 cm³/mol. The van der Waals surface area contributed by atoms with Crippen molar-refractivity contribution in [3.8, 4) is 0 Å². The van der Waals surface area contributed by atoms with Gasteiger partial charge in [0, 0.05) is 12.8 Å². The number of carbonyl (C=O) groups excluding carboxylic acids is 2. The number of allylic oxidation sites excluding steroid dienone is 18. The van der Waals surface area contributed by atoms with Crippen molar-refractivity contribution in [1.29, 1.82) is 0 Å². The van der Waals surface area contributed by atoms with Crippen LogP contribution in [-0.2, 0) is 33.3 Å². The van der Waals surface area contributed by atoms with Crippen LogP contribution in [0.4, 0.5) is 0 Å². The van der Waals surface area contributed by atoms with Crippen LogP contribution in [0.3, 0.4) is 0 Å².